The minimum Gasteiger partial charge on any atom is -0.324 e. The lowest BCUT2D eigenvalue weighted by molar-refractivity contribution is 1.04. The highest BCUT2D eigenvalue weighted by atomic mass is 35.5. The minimum absolute atomic E-state index is 0.267. The summed E-state index contributed by atoms with van der Waals surface area (Å²) in [4.78, 5) is 13.2. The lowest BCUT2D eigenvalue weighted by Crippen LogP contribution is -2.07. The summed E-state index contributed by atoms with van der Waals surface area (Å²) in [5, 5.41) is 11.5. The highest BCUT2D eigenvalue weighted by Crippen LogP contribution is 2.22. The Labute approximate surface area is 189 Å². The normalized spacial score (nSPS) is 10.8. The first-order valence-electron chi connectivity index (χ1n) is 9.30. The molecule has 1 heterocycles. The Morgan fingerprint density at radius 1 is 0.645 bits per heavy atom. The standard InChI is InChI=1S/C22H17Cl2N7/c23-18-12-11-15(13-19(18)24)14-25-31-22-29-20(26-16-7-3-1-4-8-16)28-21(30-22)27-17-9-5-2-6-10-17/h1-14H,(H3,26,27,28,29,30,31)/b25-14-. The predicted octanol–water partition coefficient (Wildman–Crippen LogP) is 6.11. The summed E-state index contributed by atoms with van der Waals surface area (Å²) in [6.07, 6.45) is 1.60. The van der Waals surface area contributed by atoms with Crippen molar-refractivity contribution < 1.29 is 0 Å². The SMILES string of the molecule is Clc1ccc(/C=N\Nc2nc(Nc3ccccc3)nc(Nc3ccccc3)n2)cc1Cl. The van der Waals surface area contributed by atoms with Gasteiger partial charge in [-0.25, -0.2) is 5.43 Å². The summed E-state index contributed by atoms with van der Waals surface area (Å²) >= 11 is 12.0. The Kier molecular flexibility index (Phi) is 6.56. The van der Waals surface area contributed by atoms with Gasteiger partial charge in [0, 0.05) is 11.4 Å². The molecule has 0 fully saturated rings. The second-order valence-electron chi connectivity index (χ2n) is 6.33. The van der Waals surface area contributed by atoms with E-state index >= 15 is 0 Å². The first-order valence-corrected chi connectivity index (χ1v) is 10.1. The average Bonchev–Trinajstić information content (AvgIpc) is 2.77. The number of para-hydroxylation sites is 2. The quantitative estimate of drug-likeness (QED) is 0.233. The van der Waals surface area contributed by atoms with Crippen LogP contribution in [0.2, 0.25) is 10.0 Å². The molecule has 0 saturated carbocycles. The summed E-state index contributed by atoms with van der Waals surface area (Å²) in [5.41, 5.74) is 5.31. The van der Waals surface area contributed by atoms with Crippen LogP contribution in [0.15, 0.2) is 84.0 Å². The molecule has 4 rings (SSSR count). The van der Waals surface area contributed by atoms with Crippen molar-refractivity contribution in [3.63, 3.8) is 0 Å². The molecule has 9 heteroatoms. The first kappa shape index (κ1) is 20.6. The van der Waals surface area contributed by atoms with Gasteiger partial charge in [0.1, 0.15) is 0 Å². The number of nitrogens with one attached hydrogen (secondary N) is 3. The number of hydrazone groups is 1. The third-order valence-corrected chi connectivity index (χ3v) is 4.76. The second-order valence-corrected chi connectivity index (χ2v) is 7.15. The van der Waals surface area contributed by atoms with Crippen molar-refractivity contribution >= 4 is 58.6 Å². The molecular formula is C22H17Cl2N7. The summed E-state index contributed by atoms with van der Waals surface area (Å²) in [6, 6.07) is 24.5. The topological polar surface area (TPSA) is 87.1 Å². The largest absolute Gasteiger partial charge is 0.324 e. The number of rotatable bonds is 7. The number of aromatic nitrogens is 3. The van der Waals surface area contributed by atoms with E-state index in [4.69, 9.17) is 23.2 Å². The highest BCUT2D eigenvalue weighted by Gasteiger charge is 2.07. The van der Waals surface area contributed by atoms with Gasteiger partial charge in [-0.3, -0.25) is 0 Å². The molecule has 3 N–H and O–H groups in total. The molecule has 0 aliphatic rings. The van der Waals surface area contributed by atoms with E-state index in [1.165, 1.54) is 0 Å². The Bertz CT molecular complexity index is 1130. The van der Waals surface area contributed by atoms with Gasteiger partial charge in [0.2, 0.25) is 17.8 Å². The first-order chi connectivity index (χ1) is 15.2. The van der Waals surface area contributed by atoms with Crippen molar-refractivity contribution in [3.05, 3.63) is 94.5 Å². The molecule has 0 saturated heterocycles. The molecule has 4 aromatic rings. The van der Waals surface area contributed by atoms with E-state index in [0.717, 1.165) is 16.9 Å². The van der Waals surface area contributed by atoms with Crippen LogP contribution >= 0.6 is 23.2 Å². The van der Waals surface area contributed by atoms with Crippen molar-refractivity contribution in [2.45, 2.75) is 0 Å². The molecule has 3 aromatic carbocycles. The second kappa shape index (κ2) is 9.88. The lowest BCUT2D eigenvalue weighted by Gasteiger charge is -2.10. The molecule has 31 heavy (non-hydrogen) atoms. The van der Waals surface area contributed by atoms with Gasteiger partial charge >= 0.3 is 0 Å². The number of hydrogen-bond donors (Lipinski definition) is 3. The van der Waals surface area contributed by atoms with E-state index in [-0.39, 0.29) is 5.95 Å². The third-order valence-electron chi connectivity index (χ3n) is 4.02. The zero-order valence-corrected chi connectivity index (χ0v) is 17.6. The van der Waals surface area contributed by atoms with E-state index < -0.39 is 0 Å². The molecule has 0 atom stereocenters. The van der Waals surface area contributed by atoms with E-state index in [1.54, 1.807) is 24.4 Å². The summed E-state index contributed by atoms with van der Waals surface area (Å²) in [6.45, 7) is 0. The van der Waals surface area contributed by atoms with Crippen LogP contribution in [0.5, 0.6) is 0 Å². The van der Waals surface area contributed by atoms with Gasteiger partial charge in [0.15, 0.2) is 0 Å². The van der Waals surface area contributed by atoms with Gasteiger partial charge in [-0.2, -0.15) is 20.1 Å². The summed E-state index contributed by atoms with van der Waals surface area (Å²) in [5.74, 6) is 1.00. The monoisotopic (exact) mass is 449 g/mol. The van der Waals surface area contributed by atoms with Crippen LogP contribution < -0.4 is 16.1 Å². The molecule has 0 aliphatic heterocycles. The number of anilines is 5. The minimum atomic E-state index is 0.267. The van der Waals surface area contributed by atoms with Crippen molar-refractivity contribution in [2.75, 3.05) is 16.1 Å². The fourth-order valence-corrected chi connectivity index (χ4v) is 2.90. The Hall–Kier alpha value is -3.68. The zero-order chi connectivity index (χ0) is 21.5. The van der Waals surface area contributed by atoms with Crippen molar-refractivity contribution in [2.24, 2.45) is 5.10 Å². The fourth-order valence-electron chi connectivity index (χ4n) is 2.60. The molecule has 7 nitrogen and oxygen atoms in total. The number of hydrogen-bond acceptors (Lipinski definition) is 7. The average molecular weight is 450 g/mol. The van der Waals surface area contributed by atoms with Crippen LogP contribution in [-0.4, -0.2) is 21.2 Å². The van der Waals surface area contributed by atoms with E-state index in [0.29, 0.717) is 21.9 Å². The highest BCUT2D eigenvalue weighted by molar-refractivity contribution is 6.42. The van der Waals surface area contributed by atoms with Crippen LogP contribution in [-0.2, 0) is 0 Å². The van der Waals surface area contributed by atoms with E-state index in [2.05, 4.69) is 36.1 Å². The predicted molar refractivity (Wildman–Crippen MR) is 127 cm³/mol. The third kappa shape index (κ3) is 5.91. The Morgan fingerprint density at radius 2 is 1.19 bits per heavy atom. The number of nitrogens with zero attached hydrogens (tertiary/aromatic N) is 4. The molecule has 1 aromatic heterocycles. The smallest absolute Gasteiger partial charge is 0.250 e. The molecule has 0 amide bonds. The van der Waals surface area contributed by atoms with Crippen molar-refractivity contribution in [1.29, 1.82) is 0 Å². The van der Waals surface area contributed by atoms with Crippen LogP contribution in [0.1, 0.15) is 5.56 Å². The molecule has 0 aliphatic carbocycles. The van der Waals surface area contributed by atoms with Gasteiger partial charge in [-0.05, 0) is 42.0 Å². The van der Waals surface area contributed by atoms with Crippen molar-refractivity contribution in [1.82, 2.24) is 15.0 Å². The van der Waals surface area contributed by atoms with Gasteiger partial charge < -0.3 is 10.6 Å². The van der Waals surface area contributed by atoms with E-state index in [9.17, 15) is 0 Å². The molecule has 0 radical (unpaired) electrons. The molecular weight excluding hydrogens is 433 g/mol. The maximum atomic E-state index is 6.04. The van der Waals surface area contributed by atoms with Gasteiger partial charge in [0.05, 0.1) is 16.3 Å². The van der Waals surface area contributed by atoms with Gasteiger partial charge in [-0.15, -0.1) is 0 Å². The van der Waals surface area contributed by atoms with Crippen LogP contribution in [0.25, 0.3) is 0 Å². The van der Waals surface area contributed by atoms with E-state index in [1.807, 2.05) is 60.7 Å². The molecule has 0 unspecified atom stereocenters. The lowest BCUT2D eigenvalue weighted by atomic mass is 10.2. The summed E-state index contributed by atoms with van der Waals surface area (Å²) < 4.78 is 0. The van der Waals surface area contributed by atoms with Crippen LogP contribution in [0, 0.1) is 0 Å². The number of halogens is 2. The van der Waals surface area contributed by atoms with Gasteiger partial charge in [0.25, 0.3) is 0 Å². The number of benzene rings is 3. The zero-order valence-electron chi connectivity index (χ0n) is 16.1. The maximum absolute atomic E-state index is 6.04. The molecule has 0 spiro atoms. The Morgan fingerprint density at radius 3 is 1.74 bits per heavy atom. The molecule has 0 bridgehead atoms. The van der Waals surface area contributed by atoms with Crippen molar-refractivity contribution in [3.8, 4) is 0 Å². The maximum Gasteiger partial charge on any atom is 0.250 e. The molecule has 154 valence electrons. The summed E-state index contributed by atoms with van der Waals surface area (Å²) in [7, 11) is 0. The van der Waals surface area contributed by atoms with Crippen LogP contribution in [0.4, 0.5) is 29.2 Å². The fraction of sp³-hybridized carbons (Fsp3) is 0. The Balaban J connectivity index is 1.57. The van der Waals surface area contributed by atoms with Crippen LogP contribution in [0.3, 0.4) is 0 Å². The van der Waals surface area contributed by atoms with Gasteiger partial charge in [-0.1, -0.05) is 65.7 Å².